The van der Waals surface area contributed by atoms with Crippen LogP contribution in [-0.4, -0.2) is 10.9 Å². The van der Waals surface area contributed by atoms with Crippen LogP contribution in [0.1, 0.15) is 11.9 Å². The third-order valence-corrected chi connectivity index (χ3v) is 4.56. The van der Waals surface area contributed by atoms with Gasteiger partial charge in [0.15, 0.2) is 5.01 Å². The number of primary amides is 1. The van der Waals surface area contributed by atoms with Crippen LogP contribution in [0, 0.1) is 0 Å². The smallest absolute Gasteiger partial charge is 0.265 e. The Bertz CT molecular complexity index is 784. The molecule has 0 aliphatic carbocycles. The maximum absolute atomic E-state index is 12.1. The number of halogens is 1. The lowest BCUT2D eigenvalue weighted by Gasteiger charge is -2.36. The topological polar surface area (TPSA) is 77.2 Å². The number of amides is 1. The number of carbonyl (C=O) groups is 1. The van der Waals surface area contributed by atoms with Crippen molar-refractivity contribution >= 4 is 28.8 Å². The highest BCUT2D eigenvalue weighted by Crippen LogP contribution is 2.37. The van der Waals surface area contributed by atoms with Crippen LogP contribution >= 0.6 is 22.9 Å². The molecule has 7 heteroatoms. The van der Waals surface area contributed by atoms with Crippen molar-refractivity contribution in [3.63, 3.8) is 0 Å². The van der Waals surface area contributed by atoms with Crippen LogP contribution in [0.5, 0.6) is 5.75 Å². The number of nitrogens with one attached hydrogen (secondary N) is 1. The zero-order valence-corrected chi connectivity index (χ0v) is 13.8. The van der Waals surface area contributed by atoms with E-state index in [9.17, 15) is 4.79 Å². The fourth-order valence-corrected chi connectivity index (χ4v) is 3.32. The number of allylic oxidation sites excluding steroid dienone is 2. The second-order valence-electron chi connectivity index (χ2n) is 4.97. The molecule has 0 saturated heterocycles. The Hall–Kier alpha value is -2.31. The van der Waals surface area contributed by atoms with Crippen molar-refractivity contribution in [2.45, 2.75) is 12.6 Å². The van der Waals surface area contributed by atoms with Crippen molar-refractivity contribution in [1.29, 1.82) is 0 Å². The summed E-state index contributed by atoms with van der Waals surface area (Å²) in [5.74, 6) is -0.0255. The highest BCUT2D eigenvalue weighted by Gasteiger charge is 2.46. The molecule has 2 aromatic rings. The molecule has 1 unspecified atom stereocenters. The third-order valence-electron chi connectivity index (χ3n) is 3.43. The van der Waals surface area contributed by atoms with E-state index < -0.39 is 11.6 Å². The van der Waals surface area contributed by atoms with Crippen LogP contribution in [0.25, 0.3) is 0 Å². The van der Waals surface area contributed by atoms with E-state index in [4.69, 9.17) is 22.1 Å². The molecule has 3 N–H and O–H groups in total. The normalized spacial score (nSPS) is 20.3. The molecule has 0 fully saturated rings. The van der Waals surface area contributed by atoms with Crippen LogP contribution in [0.15, 0.2) is 59.3 Å². The summed E-state index contributed by atoms with van der Waals surface area (Å²) in [6.07, 6.45) is 5.15. The molecule has 1 aromatic heterocycles. The Kier molecular flexibility index (Phi) is 4.11. The summed E-state index contributed by atoms with van der Waals surface area (Å²) in [7, 11) is 0. The number of benzene rings is 1. The Labute approximate surface area is 142 Å². The largest absolute Gasteiger partial charge is 0.457 e. The Morgan fingerprint density at radius 1 is 1.39 bits per heavy atom. The maximum Gasteiger partial charge on any atom is 0.265 e. The second-order valence-corrected chi connectivity index (χ2v) is 6.31. The zero-order valence-electron chi connectivity index (χ0n) is 12.2. The van der Waals surface area contributed by atoms with Gasteiger partial charge >= 0.3 is 0 Å². The van der Waals surface area contributed by atoms with Gasteiger partial charge in [-0.3, -0.25) is 4.79 Å². The monoisotopic (exact) mass is 347 g/mol. The number of hydrogen-bond donors (Lipinski definition) is 2. The van der Waals surface area contributed by atoms with Crippen molar-refractivity contribution in [3.8, 4) is 5.75 Å². The van der Waals surface area contributed by atoms with Crippen LogP contribution in [0.2, 0.25) is 5.02 Å². The first-order valence-electron chi connectivity index (χ1n) is 6.83. The minimum atomic E-state index is -1.26. The van der Waals surface area contributed by atoms with Gasteiger partial charge in [0.2, 0.25) is 0 Å². The van der Waals surface area contributed by atoms with Crippen LogP contribution in [-0.2, 0) is 10.5 Å². The lowest BCUT2D eigenvalue weighted by Crippen LogP contribution is -2.51. The summed E-state index contributed by atoms with van der Waals surface area (Å²) >= 11 is 7.29. The number of nitrogens with two attached hydrogens (primary N) is 1. The first kappa shape index (κ1) is 15.6. The number of rotatable bonds is 4. The highest BCUT2D eigenvalue weighted by molar-refractivity contribution is 7.09. The van der Waals surface area contributed by atoms with Gasteiger partial charge in [-0.25, -0.2) is 4.98 Å². The third kappa shape index (κ3) is 2.83. The molecule has 0 bridgehead atoms. The van der Waals surface area contributed by atoms with E-state index in [0.29, 0.717) is 21.4 Å². The SMILES string of the molecule is CC1=C(C(N)=O)C(Oc2ccc(Cl)cc2)(c2nccs2)NC=C1. The molecule has 1 amide bonds. The lowest BCUT2D eigenvalue weighted by molar-refractivity contribution is -0.117. The van der Waals surface area contributed by atoms with Crippen molar-refractivity contribution in [1.82, 2.24) is 10.3 Å². The maximum atomic E-state index is 12.1. The van der Waals surface area contributed by atoms with E-state index in [1.807, 2.05) is 12.3 Å². The van der Waals surface area contributed by atoms with E-state index in [0.717, 1.165) is 5.57 Å². The molecule has 1 aromatic carbocycles. The summed E-state index contributed by atoms with van der Waals surface area (Å²) in [5.41, 5.74) is 5.41. The molecule has 0 spiro atoms. The number of hydrogen-bond acceptors (Lipinski definition) is 5. The van der Waals surface area contributed by atoms with E-state index in [2.05, 4.69) is 10.3 Å². The molecule has 1 aliphatic heterocycles. The molecule has 23 heavy (non-hydrogen) atoms. The number of thiazole rings is 1. The van der Waals surface area contributed by atoms with E-state index in [1.165, 1.54) is 11.3 Å². The summed E-state index contributed by atoms with van der Waals surface area (Å²) in [4.78, 5) is 16.4. The molecule has 0 saturated carbocycles. The highest BCUT2D eigenvalue weighted by atomic mass is 35.5. The number of ether oxygens (including phenoxy) is 1. The van der Waals surface area contributed by atoms with Crippen molar-refractivity contribution in [2.24, 2.45) is 5.73 Å². The van der Waals surface area contributed by atoms with Gasteiger partial charge in [0.05, 0.1) is 5.57 Å². The van der Waals surface area contributed by atoms with Gasteiger partial charge in [0.25, 0.3) is 11.6 Å². The first-order valence-corrected chi connectivity index (χ1v) is 8.08. The molecule has 3 rings (SSSR count). The molecule has 1 atom stereocenters. The van der Waals surface area contributed by atoms with Gasteiger partial charge in [0, 0.05) is 22.8 Å². The van der Waals surface area contributed by atoms with E-state index in [-0.39, 0.29) is 0 Å². The van der Waals surface area contributed by atoms with Gasteiger partial charge < -0.3 is 15.8 Å². The molecular formula is C16H14ClN3O2S. The van der Waals surface area contributed by atoms with Gasteiger partial charge in [-0.2, -0.15) is 0 Å². The fourth-order valence-electron chi connectivity index (χ4n) is 2.45. The lowest BCUT2D eigenvalue weighted by atomic mass is 9.94. The van der Waals surface area contributed by atoms with Gasteiger partial charge in [-0.05, 0) is 42.8 Å². The van der Waals surface area contributed by atoms with Crippen molar-refractivity contribution in [2.75, 3.05) is 0 Å². The summed E-state index contributed by atoms with van der Waals surface area (Å²) in [5, 5.41) is 6.11. The summed E-state index contributed by atoms with van der Waals surface area (Å²) in [6, 6.07) is 6.88. The predicted octanol–water partition coefficient (Wildman–Crippen LogP) is 2.95. The Morgan fingerprint density at radius 3 is 2.74 bits per heavy atom. The average molecular weight is 348 g/mol. The molecular weight excluding hydrogens is 334 g/mol. The van der Waals surface area contributed by atoms with Gasteiger partial charge in [0.1, 0.15) is 5.75 Å². The van der Waals surface area contributed by atoms with E-state index in [1.54, 1.807) is 42.7 Å². The Balaban J connectivity index is 2.14. The Morgan fingerprint density at radius 2 is 2.13 bits per heavy atom. The fraction of sp³-hybridized carbons (Fsp3) is 0.125. The summed E-state index contributed by atoms with van der Waals surface area (Å²) < 4.78 is 6.15. The van der Waals surface area contributed by atoms with Crippen molar-refractivity contribution < 1.29 is 9.53 Å². The quantitative estimate of drug-likeness (QED) is 0.891. The first-order chi connectivity index (χ1) is 11.0. The van der Waals surface area contributed by atoms with Crippen LogP contribution < -0.4 is 15.8 Å². The molecule has 0 radical (unpaired) electrons. The second kappa shape index (κ2) is 6.06. The molecule has 118 valence electrons. The van der Waals surface area contributed by atoms with Gasteiger partial charge in [-0.1, -0.05) is 11.6 Å². The average Bonchev–Trinajstić information content (AvgIpc) is 3.04. The van der Waals surface area contributed by atoms with E-state index >= 15 is 0 Å². The van der Waals surface area contributed by atoms with Crippen molar-refractivity contribution in [3.05, 3.63) is 69.3 Å². The number of dihydropyridines is 1. The molecule has 2 heterocycles. The molecule has 1 aliphatic rings. The van der Waals surface area contributed by atoms with Crippen LogP contribution in [0.3, 0.4) is 0 Å². The molecule has 5 nitrogen and oxygen atoms in total. The minimum Gasteiger partial charge on any atom is -0.457 e. The zero-order chi connectivity index (χ0) is 16.4. The van der Waals surface area contributed by atoms with Gasteiger partial charge in [-0.15, -0.1) is 11.3 Å². The standard InChI is InChI=1S/C16H14ClN3O2S/c1-10-6-7-20-16(13(10)14(18)21,15-19-8-9-23-15)22-12-4-2-11(17)3-5-12/h2-9,20H,1H3,(H2,18,21). The minimum absolute atomic E-state index is 0.324. The number of aromatic nitrogens is 1. The number of carbonyl (C=O) groups excluding carboxylic acids is 1. The van der Waals surface area contributed by atoms with Crippen LogP contribution in [0.4, 0.5) is 0 Å². The number of nitrogens with zero attached hydrogens (tertiary/aromatic N) is 1. The summed E-state index contributed by atoms with van der Waals surface area (Å²) in [6.45, 7) is 1.81. The predicted molar refractivity (Wildman–Crippen MR) is 90.0 cm³/mol.